The quantitative estimate of drug-likeness (QED) is 0.476. The second-order valence-electron chi connectivity index (χ2n) is 6.37. The zero-order chi connectivity index (χ0) is 18.8. The summed E-state index contributed by atoms with van der Waals surface area (Å²) in [4.78, 5) is 30.5. The molecule has 0 saturated heterocycles. The van der Waals surface area contributed by atoms with E-state index in [-0.39, 0.29) is 11.8 Å². The zero-order valence-corrected chi connectivity index (χ0v) is 15.7. The maximum absolute atomic E-state index is 12.3. The Hall–Kier alpha value is -2.86. The highest BCUT2D eigenvalue weighted by Gasteiger charge is 2.34. The summed E-state index contributed by atoms with van der Waals surface area (Å²) in [6.45, 7) is 2.43. The minimum atomic E-state index is -0.209. The largest absolute Gasteiger partial charge is 0.444 e. The molecule has 4 rings (SSSR count). The Balaban J connectivity index is 1.31. The number of carbonyl (C=O) groups is 2. The normalized spacial score (nSPS) is 13.3. The van der Waals surface area contributed by atoms with Gasteiger partial charge in [0, 0.05) is 23.6 Å². The second-order valence-corrected chi connectivity index (χ2v) is 7.48. The molecule has 6 heteroatoms. The molecule has 136 valence electrons. The number of oxazole rings is 1. The molecule has 0 saturated carbocycles. The molecule has 0 atom stereocenters. The zero-order valence-electron chi connectivity index (χ0n) is 14.8. The molecule has 0 bridgehead atoms. The predicted molar refractivity (Wildman–Crippen MR) is 105 cm³/mol. The van der Waals surface area contributed by atoms with Crippen molar-refractivity contribution in [3.8, 4) is 11.5 Å². The lowest BCUT2D eigenvalue weighted by Crippen LogP contribution is -2.31. The van der Waals surface area contributed by atoms with Crippen molar-refractivity contribution < 1.29 is 14.0 Å². The number of hydrogen-bond donors (Lipinski definition) is 0. The van der Waals surface area contributed by atoms with Crippen molar-refractivity contribution >= 4 is 23.6 Å². The van der Waals surface area contributed by atoms with Crippen molar-refractivity contribution in [2.45, 2.75) is 12.7 Å². The highest BCUT2D eigenvalue weighted by Crippen LogP contribution is 2.24. The van der Waals surface area contributed by atoms with Crippen molar-refractivity contribution in [2.24, 2.45) is 0 Å². The van der Waals surface area contributed by atoms with Gasteiger partial charge in [-0.1, -0.05) is 29.8 Å². The lowest BCUT2D eigenvalue weighted by molar-refractivity contribution is 0.0664. The maximum Gasteiger partial charge on any atom is 0.261 e. The fourth-order valence-corrected chi connectivity index (χ4v) is 3.77. The van der Waals surface area contributed by atoms with Crippen LogP contribution in [-0.2, 0) is 5.75 Å². The molecule has 1 aromatic heterocycles. The number of thioether (sulfide) groups is 1. The third kappa shape index (κ3) is 3.53. The first kappa shape index (κ1) is 17.5. The van der Waals surface area contributed by atoms with E-state index in [1.165, 1.54) is 10.5 Å². The topological polar surface area (TPSA) is 63.4 Å². The summed E-state index contributed by atoms with van der Waals surface area (Å²) >= 11 is 1.62. The van der Waals surface area contributed by atoms with Crippen LogP contribution >= 0.6 is 11.8 Å². The van der Waals surface area contributed by atoms with Crippen LogP contribution in [0.15, 0.2) is 59.2 Å². The van der Waals surface area contributed by atoms with Gasteiger partial charge < -0.3 is 4.42 Å². The van der Waals surface area contributed by atoms with E-state index >= 15 is 0 Å². The van der Waals surface area contributed by atoms with Crippen molar-refractivity contribution in [3.05, 3.63) is 77.2 Å². The molecule has 0 N–H and O–H groups in total. The van der Waals surface area contributed by atoms with Crippen LogP contribution in [0.25, 0.3) is 11.5 Å². The number of nitrogens with zero attached hydrogens (tertiary/aromatic N) is 2. The van der Waals surface area contributed by atoms with Gasteiger partial charge in [0.1, 0.15) is 6.26 Å². The van der Waals surface area contributed by atoms with Gasteiger partial charge in [-0.15, -0.1) is 0 Å². The van der Waals surface area contributed by atoms with E-state index in [2.05, 4.69) is 4.98 Å². The summed E-state index contributed by atoms with van der Waals surface area (Å²) in [5.41, 5.74) is 3.97. The first-order valence-electron chi connectivity index (χ1n) is 8.68. The van der Waals surface area contributed by atoms with Gasteiger partial charge in [-0.05, 0) is 31.2 Å². The Bertz CT molecular complexity index is 960. The van der Waals surface area contributed by atoms with E-state index in [0.29, 0.717) is 35.1 Å². The summed E-state index contributed by atoms with van der Waals surface area (Å²) in [6.07, 6.45) is 1.66. The van der Waals surface area contributed by atoms with E-state index in [1.54, 1.807) is 42.3 Å². The van der Waals surface area contributed by atoms with Gasteiger partial charge in [0.05, 0.1) is 16.8 Å². The van der Waals surface area contributed by atoms with Crippen molar-refractivity contribution in [3.63, 3.8) is 0 Å². The van der Waals surface area contributed by atoms with E-state index in [9.17, 15) is 9.59 Å². The number of rotatable bonds is 6. The molecule has 3 aromatic rings. The van der Waals surface area contributed by atoms with Crippen LogP contribution < -0.4 is 0 Å². The Morgan fingerprint density at radius 3 is 2.33 bits per heavy atom. The lowest BCUT2D eigenvalue weighted by atomic mass is 10.1. The standard InChI is InChI=1S/C21H18N2O3S/c1-14-6-8-15(9-7-14)19-22-16(12-26-19)13-27-11-10-23-20(24)17-4-2-3-5-18(17)21(23)25/h2-9,12H,10-11,13H2,1H3. The van der Waals surface area contributed by atoms with Crippen LogP contribution in [0.5, 0.6) is 0 Å². The fourth-order valence-electron chi connectivity index (χ4n) is 2.98. The molecule has 0 fully saturated rings. The third-order valence-corrected chi connectivity index (χ3v) is 5.41. The Kier molecular flexibility index (Phi) is 4.81. The number of aromatic nitrogens is 1. The second kappa shape index (κ2) is 7.40. The number of aryl methyl sites for hydroxylation is 1. The molecule has 5 nitrogen and oxygen atoms in total. The number of hydrogen-bond acceptors (Lipinski definition) is 5. The van der Waals surface area contributed by atoms with Crippen molar-refractivity contribution in [1.29, 1.82) is 0 Å². The molecule has 1 aliphatic heterocycles. The van der Waals surface area contributed by atoms with E-state index in [0.717, 1.165) is 11.3 Å². The monoisotopic (exact) mass is 378 g/mol. The summed E-state index contributed by atoms with van der Waals surface area (Å²) in [7, 11) is 0. The molecular formula is C21H18N2O3S. The van der Waals surface area contributed by atoms with Crippen LogP contribution in [0.3, 0.4) is 0 Å². The number of benzene rings is 2. The third-order valence-electron chi connectivity index (χ3n) is 4.44. The van der Waals surface area contributed by atoms with Crippen LogP contribution in [0.1, 0.15) is 32.0 Å². The van der Waals surface area contributed by atoms with Crippen molar-refractivity contribution in [1.82, 2.24) is 9.88 Å². The smallest absolute Gasteiger partial charge is 0.261 e. The molecule has 1 aliphatic rings. The first-order chi connectivity index (χ1) is 13.1. The highest BCUT2D eigenvalue weighted by molar-refractivity contribution is 7.98. The molecule has 2 amide bonds. The molecule has 27 heavy (non-hydrogen) atoms. The number of carbonyl (C=O) groups excluding carboxylic acids is 2. The molecule has 0 aliphatic carbocycles. The van der Waals surface area contributed by atoms with Crippen LogP contribution in [0, 0.1) is 6.92 Å². The fraction of sp³-hybridized carbons (Fsp3) is 0.190. The average Bonchev–Trinajstić information content (AvgIpc) is 3.25. The van der Waals surface area contributed by atoms with E-state index in [1.807, 2.05) is 31.2 Å². The van der Waals surface area contributed by atoms with Gasteiger partial charge >= 0.3 is 0 Å². The summed E-state index contributed by atoms with van der Waals surface area (Å²) in [5.74, 6) is 1.50. The van der Waals surface area contributed by atoms with Gasteiger partial charge in [-0.3, -0.25) is 14.5 Å². The Labute approximate surface area is 161 Å². The number of amides is 2. The van der Waals surface area contributed by atoms with Crippen molar-refractivity contribution in [2.75, 3.05) is 12.3 Å². The number of fused-ring (bicyclic) bond motifs is 1. The molecule has 2 aromatic carbocycles. The van der Waals surface area contributed by atoms with Gasteiger partial charge in [0.25, 0.3) is 11.8 Å². The minimum Gasteiger partial charge on any atom is -0.444 e. The summed E-state index contributed by atoms with van der Waals surface area (Å²) in [6, 6.07) is 15.0. The molecule has 0 radical (unpaired) electrons. The molecule has 0 unspecified atom stereocenters. The first-order valence-corrected chi connectivity index (χ1v) is 9.83. The SMILES string of the molecule is Cc1ccc(-c2nc(CSCCN3C(=O)c4ccccc4C3=O)co2)cc1. The van der Waals surface area contributed by atoms with Gasteiger partial charge in [0.2, 0.25) is 5.89 Å². The van der Waals surface area contributed by atoms with Crippen LogP contribution in [0.2, 0.25) is 0 Å². The molecular weight excluding hydrogens is 360 g/mol. The Morgan fingerprint density at radius 2 is 1.67 bits per heavy atom. The number of imide groups is 1. The predicted octanol–water partition coefficient (Wildman–Crippen LogP) is 4.18. The Morgan fingerprint density at radius 1 is 1.00 bits per heavy atom. The van der Waals surface area contributed by atoms with Crippen LogP contribution in [0.4, 0.5) is 0 Å². The van der Waals surface area contributed by atoms with Gasteiger partial charge in [-0.2, -0.15) is 11.8 Å². The maximum atomic E-state index is 12.3. The van der Waals surface area contributed by atoms with E-state index < -0.39 is 0 Å². The van der Waals surface area contributed by atoms with Crippen LogP contribution in [-0.4, -0.2) is 34.0 Å². The summed E-state index contributed by atoms with van der Waals surface area (Å²) in [5, 5.41) is 0. The average molecular weight is 378 g/mol. The molecule has 2 heterocycles. The molecule has 0 spiro atoms. The highest BCUT2D eigenvalue weighted by atomic mass is 32.2. The van der Waals surface area contributed by atoms with Gasteiger partial charge in [0.15, 0.2) is 0 Å². The van der Waals surface area contributed by atoms with E-state index in [4.69, 9.17) is 4.42 Å². The minimum absolute atomic E-state index is 0.209. The lowest BCUT2D eigenvalue weighted by Gasteiger charge is -2.12. The van der Waals surface area contributed by atoms with Gasteiger partial charge in [-0.25, -0.2) is 4.98 Å². The summed E-state index contributed by atoms with van der Waals surface area (Å²) < 4.78 is 5.55.